The van der Waals surface area contributed by atoms with Crippen LogP contribution >= 0.6 is 11.3 Å². The van der Waals surface area contributed by atoms with Gasteiger partial charge in [-0.1, -0.05) is 18.2 Å². The molecule has 88 valence electrons. The van der Waals surface area contributed by atoms with E-state index in [9.17, 15) is 4.79 Å². The highest BCUT2D eigenvalue weighted by molar-refractivity contribution is 7.07. The summed E-state index contributed by atoms with van der Waals surface area (Å²) < 4.78 is 1.18. The molecule has 0 saturated heterocycles. The number of anilines is 1. The fourth-order valence-electron chi connectivity index (χ4n) is 1.26. The van der Waals surface area contributed by atoms with Crippen LogP contribution in [-0.4, -0.2) is 10.8 Å². The summed E-state index contributed by atoms with van der Waals surface area (Å²) in [5.41, 5.74) is 1.36. The van der Waals surface area contributed by atoms with Crippen LogP contribution in [0.15, 0.2) is 35.7 Å². The average molecular weight is 249 g/mol. The van der Waals surface area contributed by atoms with Crippen LogP contribution in [0.1, 0.15) is 5.69 Å². The number of aryl methyl sites for hydroxylation is 1. The van der Waals surface area contributed by atoms with Crippen LogP contribution in [0.3, 0.4) is 0 Å². The molecular formula is C11H11N3O2S. The van der Waals surface area contributed by atoms with E-state index in [1.54, 1.807) is 24.4 Å². The summed E-state index contributed by atoms with van der Waals surface area (Å²) >= 11 is 1.20. The molecule has 0 aliphatic carbocycles. The van der Waals surface area contributed by atoms with Crippen molar-refractivity contribution < 1.29 is 9.63 Å². The summed E-state index contributed by atoms with van der Waals surface area (Å²) in [5.74, 6) is 0. The summed E-state index contributed by atoms with van der Waals surface area (Å²) in [6.07, 6.45) is -0.615. The first-order valence-electron chi connectivity index (χ1n) is 4.93. The first-order chi connectivity index (χ1) is 8.16. The van der Waals surface area contributed by atoms with E-state index in [0.717, 1.165) is 0 Å². The SMILES string of the molecule is Cc1csc(=N)n1OC(=O)Nc1ccccc1. The summed E-state index contributed by atoms with van der Waals surface area (Å²) in [6, 6.07) is 9.00. The van der Waals surface area contributed by atoms with E-state index < -0.39 is 6.09 Å². The van der Waals surface area contributed by atoms with E-state index >= 15 is 0 Å². The van der Waals surface area contributed by atoms with Crippen LogP contribution in [0.5, 0.6) is 0 Å². The summed E-state index contributed by atoms with van der Waals surface area (Å²) in [5, 5.41) is 11.9. The molecule has 0 atom stereocenters. The van der Waals surface area contributed by atoms with E-state index in [0.29, 0.717) is 11.4 Å². The standard InChI is InChI=1S/C11H11N3O2S/c1-8-7-17-10(12)14(8)16-11(15)13-9-5-3-2-4-6-9/h2-7,12H,1H3,(H,13,15). The Morgan fingerprint density at radius 3 is 2.71 bits per heavy atom. The number of rotatable bonds is 2. The van der Waals surface area contributed by atoms with E-state index in [2.05, 4.69) is 5.32 Å². The second-order valence-corrected chi connectivity index (χ2v) is 4.20. The lowest BCUT2D eigenvalue weighted by molar-refractivity contribution is 0.140. The van der Waals surface area contributed by atoms with Crippen molar-refractivity contribution in [3.63, 3.8) is 0 Å². The van der Waals surface area contributed by atoms with E-state index in [4.69, 9.17) is 10.2 Å². The van der Waals surface area contributed by atoms with Crippen molar-refractivity contribution in [2.45, 2.75) is 6.92 Å². The van der Waals surface area contributed by atoms with Crippen molar-refractivity contribution in [2.24, 2.45) is 0 Å². The molecule has 5 nitrogen and oxygen atoms in total. The molecule has 1 amide bonds. The minimum Gasteiger partial charge on any atom is -0.314 e. The van der Waals surface area contributed by atoms with Gasteiger partial charge in [0.2, 0.25) is 4.80 Å². The number of hydrogen-bond donors (Lipinski definition) is 2. The Hall–Kier alpha value is -2.08. The Balaban J connectivity index is 2.06. The zero-order valence-corrected chi connectivity index (χ0v) is 9.95. The third kappa shape index (κ3) is 2.73. The van der Waals surface area contributed by atoms with Crippen LogP contribution in [-0.2, 0) is 0 Å². The van der Waals surface area contributed by atoms with Crippen LogP contribution < -0.4 is 15.0 Å². The zero-order valence-electron chi connectivity index (χ0n) is 9.14. The van der Waals surface area contributed by atoms with Gasteiger partial charge < -0.3 is 4.84 Å². The van der Waals surface area contributed by atoms with Gasteiger partial charge in [0, 0.05) is 11.1 Å². The fourth-order valence-corrected chi connectivity index (χ4v) is 1.91. The van der Waals surface area contributed by atoms with Crippen molar-refractivity contribution >= 4 is 23.1 Å². The maximum Gasteiger partial charge on any atom is 0.436 e. The maximum absolute atomic E-state index is 11.6. The van der Waals surface area contributed by atoms with Crippen molar-refractivity contribution in [2.75, 3.05) is 5.32 Å². The highest BCUT2D eigenvalue weighted by Gasteiger charge is 2.07. The van der Waals surface area contributed by atoms with Crippen LogP contribution in [0, 0.1) is 12.3 Å². The molecule has 2 N–H and O–H groups in total. The number of carbonyl (C=O) groups excluding carboxylic acids is 1. The number of nitrogens with one attached hydrogen (secondary N) is 2. The second kappa shape index (κ2) is 4.84. The van der Waals surface area contributed by atoms with Crippen molar-refractivity contribution in [1.82, 2.24) is 4.73 Å². The molecule has 0 aliphatic rings. The highest BCUT2D eigenvalue weighted by atomic mass is 32.1. The number of para-hydroxylation sites is 1. The third-order valence-electron chi connectivity index (χ3n) is 2.04. The molecule has 2 rings (SSSR count). The molecule has 0 aliphatic heterocycles. The smallest absolute Gasteiger partial charge is 0.314 e. The third-order valence-corrected chi connectivity index (χ3v) is 2.89. The minimum absolute atomic E-state index is 0.172. The molecule has 1 aromatic carbocycles. The lowest BCUT2D eigenvalue weighted by Crippen LogP contribution is -2.31. The predicted octanol–water partition coefficient (Wildman–Crippen LogP) is 2.00. The number of benzene rings is 1. The number of thiazole rings is 1. The molecule has 6 heteroatoms. The molecular weight excluding hydrogens is 238 g/mol. The molecule has 17 heavy (non-hydrogen) atoms. The molecule has 0 saturated carbocycles. The summed E-state index contributed by atoms with van der Waals surface area (Å²) in [7, 11) is 0. The zero-order chi connectivity index (χ0) is 12.3. The van der Waals surface area contributed by atoms with Crippen molar-refractivity contribution in [3.8, 4) is 0 Å². The Bertz CT molecular complexity index is 574. The van der Waals surface area contributed by atoms with Crippen LogP contribution in [0.4, 0.5) is 10.5 Å². The molecule has 0 fully saturated rings. The van der Waals surface area contributed by atoms with Crippen molar-refractivity contribution in [1.29, 1.82) is 5.41 Å². The number of carbonyl (C=O) groups is 1. The van der Waals surface area contributed by atoms with Gasteiger partial charge in [0.25, 0.3) is 0 Å². The summed E-state index contributed by atoms with van der Waals surface area (Å²) in [4.78, 5) is 16.7. The maximum atomic E-state index is 11.6. The molecule has 0 bridgehead atoms. The molecule has 1 aromatic heterocycles. The molecule has 0 spiro atoms. The van der Waals surface area contributed by atoms with E-state index in [1.807, 2.05) is 18.2 Å². The number of aromatic nitrogens is 1. The van der Waals surface area contributed by atoms with Gasteiger partial charge in [0.05, 0.1) is 5.69 Å². The normalized spacial score (nSPS) is 9.94. The van der Waals surface area contributed by atoms with Crippen LogP contribution in [0.2, 0.25) is 0 Å². The fraction of sp³-hybridized carbons (Fsp3) is 0.0909. The lowest BCUT2D eigenvalue weighted by Gasteiger charge is -2.07. The van der Waals surface area contributed by atoms with E-state index in [1.165, 1.54) is 16.1 Å². The Morgan fingerprint density at radius 1 is 1.41 bits per heavy atom. The number of nitrogens with zero attached hydrogens (tertiary/aromatic N) is 1. The second-order valence-electron chi connectivity index (χ2n) is 3.35. The van der Waals surface area contributed by atoms with Gasteiger partial charge in [-0.05, 0) is 19.1 Å². The molecule has 2 aromatic rings. The molecule has 1 heterocycles. The van der Waals surface area contributed by atoms with Gasteiger partial charge in [-0.2, -0.15) is 0 Å². The van der Waals surface area contributed by atoms with Gasteiger partial charge in [0.15, 0.2) is 0 Å². The lowest BCUT2D eigenvalue weighted by atomic mass is 10.3. The molecule has 0 unspecified atom stereocenters. The van der Waals surface area contributed by atoms with Crippen LogP contribution in [0.25, 0.3) is 0 Å². The first-order valence-corrected chi connectivity index (χ1v) is 5.81. The van der Waals surface area contributed by atoms with Gasteiger partial charge >= 0.3 is 6.09 Å². The average Bonchev–Trinajstić information content (AvgIpc) is 2.62. The van der Waals surface area contributed by atoms with Crippen molar-refractivity contribution in [3.05, 3.63) is 46.2 Å². The predicted molar refractivity (Wildman–Crippen MR) is 64.9 cm³/mol. The quantitative estimate of drug-likeness (QED) is 0.854. The van der Waals surface area contributed by atoms with Gasteiger partial charge in [0.1, 0.15) is 0 Å². The highest BCUT2D eigenvalue weighted by Crippen LogP contribution is 2.05. The Labute approximate surface area is 102 Å². The Morgan fingerprint density at radius 2 is 2.12 bits per heavy atom. The number of hydrogen-bond acceptors (Lipinski definition) is 4. The minimum atomic E-state index is -0.615. The van der Waals surface area contributed by atoms with Gasteiger partial charge in [-0.3, -0.25) is 10.7 Å². The van der Waals surface area contributed by atoms with Gasteiger partial charge in [-0.25, -0.2) is 4.79 Å². The monoisotopic (exact) mass is 249 g/mol. The summed E-state index contributed by atoms with van der Waals surface area (Å²) in [6.45, 7) is 1.77. The van der Waals surface area contributed by atoms with E-state index in [-0.39, 0.29) is 4.80 Å². The molecule has 0 radical (unpaired) electrons. The topological polar surface area (TPSA) is 67.1 Å². The first kappa shape index (κ1) is 11.4. The largest absolute Gasteiger partial charge is 0.436 e. The Kier molecular flexibility index (Phi) is 3.24. The van der Waals surface area contributed by atoms with Gasteiger partial charge in [-0.15, -0.1) is 16.1 Å². The number of amides is 1.